The van der Waals surface area contributed by atoms with Gasteiger partial charge in [-0.1, -0.05) is 19.1 Å². The zero-order valence-electron chi connectivity index (χ0n) is 9.26. The fourth-order valence-electron chi connectivity index (χ4n) is 1.34. The van der Waals surface area contributed by atoms with Crippen LogP contribution in [0, 0.1) is 5.92 Å². The van der Waals surface area contributed by atoms with Crippen molar-refractivity contribution in [1.29, 1.82) is 0 Å². The van der Waals surface area contributed by atoms with E-state index in [0.29, 0.717) is 12.1 Å². The Hall–Kier alpha value is -0.910. The van der Waals surface area contributed by atoms with Crippen LogP contribution in [0.1, 0.15) is 12.5 Å². The van der Waals surface area contributed by atoms with E-state index in [4.69, 9.17) is 10.8 Å². The standard InChI is InChI=1S/C11H17NO3S/c1-9(6-12)8-16(14,15)11-4-2-10(7-13)3-5-11/h2-5,9,13H,6-8,12H2,1H3. The van der Waals surface area contributed by atoms with Crippen LogP contribution in [-0.2, 0) is 16.4 Å². The lowest BCUT2D eigenvalue weighted by atomic mass is 10.2. The zero-order chi connectivity index (χ0) is 12.2. The van der Waals surface area contributed by atoms with E-state index < -0.39 is 9.84 Å². The second-order valence-corrected chi connectivity index (χ2v) is 5.96. The SMILES string of the molecule is CC(CN)CS(=O)(=O)c1ccc(CO)cc1. The lowest BCUT2D eigenvalue weighted by molar-refractivity contribution is 0.282. The van der Waals surface area contributed by atoms with Crippen molar-refractivity contribution in [2.75, 3.05) is 12.3 Å². The fraction of sp³-hybridized carbons (Fsp3) is 0.455. The van der Waals surface area contributed by atoms with Crippen LogP contribution < -0.4 is 5.73 Å². The first-order valence-electron chi connectivity index (χ1n) is 5.12. The van der Waals surface area contributed by atoms with Crippen LogP contribution in [0.5, 0.6) is 0 Å². The summed E-state index contributed by atoms with van der Waals surface area (Å²) >= 11 is 0. The molecule has 0 heterocycles. The van der Waals surface area contributed by atoms with Crippen molar-refractivity contribution in [2.24, 2.45) is 11.7 Å². The van der Waals surface area contributed by atoms with Gasteiger partial charge in [0.2, 0.25) is 0 Å². The average Bonchev–Trinajstić information content (AvgIpc) is 2.28. The molecule has 0 aliphatic rings. The van der Waals surface area contributed by atoms with Crippen LogP contribution in [0.15, 0.2) is 29.2 Å². The molecule has 1 aromatic carbocycles. The van der Waals surface area contributed by atoms with E-state index >= 15 is 0 Å². The van der Waals surface area contributed by atoms with Crippen molar-refractivity contribution in [1.82, 2.24) is 0 Å². The Kier molecular flexibility index (Phi) is 4.46. The molecule has 1 aromatic rings. The Morgan fingerprint density at radius 2 is 1.88 bits per heavy atom. The molecule has 0 saturated carbocycles. The van der Waals surface area contributed by atoms with E-state index in [-0.39, 0.29) is 23.2 Å². The number of hydrogen-bond donors (Lipinski definition) is 2. The number of aliphatic hydroxyl groups excluding tert-OH is 1. The first-order chi connectivity index (χ1) is 7.49. The molecule has 3 N–H and O–H groups in total. The summed E-state index contributed by atoms with van der Waals surface area (Å²) in [5.41, 5.74) is 6.11. The molecule has 0 bridgehead atoms. The third-order valence-corrected chi connectivity index (χ3v) is 4.37. The number of rotatable bonds is 5. The first-order valence-corrected chi connectivity index (χ1v) is 6.77. The predicted molar refractivity (Wildman–Crippen MR) is 62.6 cm³/mol. The quantitative estimate of drug-likeness (QED) is 0.791. The van der Waals surface area contributed by atoms with Gasteiger partial charge < -0.3 is 10.8 Å². The van der Waals surface area contributed by atoms with Gasteiger partial charge in [0.05, 0.1) is 17.3 Å². The highest BCUT2D eigenvalue weighted by atomic mass is 32.2. The van der Waals surface area contributed by atoms with Gasteiger partial charge in [0.25, 0.3) is 0 Å². The molecule has 1 unspecified atom stereocenters. The minimum Gasteiger partial charge on any atom is -0.392 e. The summed E-state index contributed by atoms with van der Waals surface area (Å²) in [6.45, 7) is 2.08. The highest BCUT2D eigenvalue weighted by molar-refractivity contribution is 7.91. The number of sulfone groups is 1. The Morgan fingerprint density at radius 1 is 1.31 bits per heavy atom. The third-order valence-electron chi connectivity index (χ3n) is 2.37. The van der Waals surface area contributed by atoms with Gasteiger partial charge in [-0.15, -0.1) is 0 Å². The van der Waals surface area contributed by atoms with Crippen molar-refractivity contribution in [3.05, 3.63) is 29.8 Å². The van der Waals surface area contributed by atoms with E-state index in [0.717, 1.165) is 0 Å². The monoisotopic (exact) mass is 243 g/mol. The van der Waals surface area contributed by atoms with Crippen molar-refractivity contribution >= 4 is 9.84 Å². The van der Waals surface area contributed by atoms with Gasteiger partial charge in [-0.3, -0.25) is 0 Å². The van der Waals surface area contributed by atoms with E-state index in [1.165, 1.54) is 12.1 Å². The Labute approximate surface area is 96.0 Å². The smallest absolute Gasteiger partial charge is 0.178 e. The van der Waals surface area contributed by atoms with Crippen molar-refractivity contribution in [3.63, 3.8) is 0 Å². The molecule has 5 heteroatoms. The predicted octanol–water partition coefficient (Wildman–Crippen LogP) is 0.547. The lowest BCUT2D eigenvalue weighted by Gasteiger charge is -2.09. The lowest BCUT2D eigenvalue weighted by Crippen LogP contribution is -2.21. The summed E-state index contributed by atoms with van der Waals surface area (Å²) in [5, 5.41) is 8.85. The second-order valence-electron chi connectivity index (χ2n) is 3.92. The minimum absolute atomic E-state index is 0.0532. The van der Waals surface area contributed by atoms with Gasteiger partial charge in [-0.2, -0.15) is 0 Å². The van der Waals surface area contributed by atoms with Gasteiger partial charge >= 0.3 is 0 Å². The Morgan fingerprint density at radius 3 is 2.31 bits per heavy atom. The van der Waals surface area contributed by atoms with Crippen molar-refractivity contribution < 1.29 is 13.5 Å². The van der Waals surface area contributed by atoms with Gasteiger partial charge in [-0.25, -0.2) is 8.42 Å². The molecular weight excluding hydrogens is 226 g/mol. The normalized spacial score (nSPS) is 13.7. The van der Waals surface area contributed by atoms with Crippen LogP contribution >= 0.6 is 0 Å². The highest BCUT2D eigenvalue weighted by Gasteiger charge is 2.17. The molecule has 16 heavy (non-hydrogen) atoms. The summed E-state index contributed by atoms with van der Waals surface area (Å²) in [5.74, 6) is 0.00429. The van der Waals surface area contributed by atoms with Crippen LogP contribution in [0.2, 0.25) is 0 Å². The highest BCUT2D eigenvalue weighted by Crippen LogP contribution is 2.14. The van der Waals surface area contributed by atoms with Gasteiger partial charge in [0.15, 0.2) is 9.84 Å². The molecule has 4 nitrogen and oxygen atoms in total. The summed E-state index contributed by atoms with van der Waals surface area (Å²) in [7, 11) is -3.26. The largest absolute Gasteiger partial charge is 0.392 e. The summed E-state index contributed by atoms with van der Waals surface area (Å²) in [6, 6.07) is 6.26. The number of nitrogens with two attached hydrogens (primary N) is 1. The third kappa shape index (κ3) is 3.30. The van der Waals surface area contributed by atoms with Gasteiger partial charge in [0.1, 0.15) is 0 Å². The molecule has 0 aliphatic heterocycles. The molecule has 0 radical (unpaired) electrons. The van der Waals surface area contributed by atoms with E-state index in [2.05, 4.69) is 0 Å². The second kappa shape index (κ2) is 5.43. The fourth-order valence-corrected chi connectivity index (χ4v) is 2.97. The van der Waals surface area contributed by atoms with Crippen LogP contribution in [0.3, 0.4) is 0 Å². The average molecular weight is 243 g/mol. The van der Waals surface area contributed by atoms with Crippen LogP contribution in [0.25, 0.3) is 0 Å². The number of aliphatic hydroxyl groups is 1. The molecule has 1 rings (SSSR count). The van der Waals surface area contributed by atoms with Crippen LogP contribution in [0.4, 0.5) is 0 Å². The maximum atomic E-state index is 11.9. The molecule has 0 fully saturated rings. The van der Waals surface area contributed by atoms with Crippen LogP contribution in [-0.4, -0.2) is 25.8 Å². The molecule has 0 aliphatic carbocycles. The van der Waals surface area contributed by atoms with Gasteiger partial charge in [-0.05, 0) is 30.2 Å². The first kappa shape index (κ1) is 13.2. The summed E-state index contributed by atoms with van der Waals surface area (Å²) in [4.78, 5) is 0.282. The zero-order valence-corrected chi connectivity index (χ0v) is 10.1. The number of benzene rings is 1. The molecule has 0 saturated heterocycles. The molecule has 0 amide bonds. The topological polar surface area (TPSA) is 80.4 Å². The summed E-state index contributed by atoms with van der Waals surface area (Å²) in [6.07, 6.45) is 0. The Balaban J connectivity index is 2.90. The van der Waals surface area contributed by atoms with Crippen molar-refractivity contribution in [2.45, 2.75) is 18.4 Å². The maximum Gasteiger partial charge on any atom is 0.178 e. The molecule has 90 valence electrons. The minimum atomic E-state index is -3.26. The molecule has 0 aromatic heterocycles. The van der Waals surface area contributed by atoms with E-state index in [1.54, 1.807) is 19.1 Å². The number of hydrogen-bond acceptors (Lipinski definition) is 4. The summed E-state index contributed by atoms with van der Waals surface area (Å²) < 4.78 is 23.8. The van der Waals surface area contributed by atoms with Gasteiger partial charge in [0, 0.05) is 0 Å². The van der Waals surface area contributed by atoms with E-state index in [9.17, 15) is 8.42 Å². The molecule has 1 atom stereocenters. The van der Waals surface area contributed by atoms with E-state index in [1.807, 2.05) is 0 Å². The van der Waals surface area contributed by atoms with Crippen molar-refractivity contribution in [3.8, 4) is 0 Å². The molecule has 0 spiro atoms. The Bertz CT molecular complexity index is 425. The maximum absolute atomic E-state index is 11.9. The molecular formula is C11H17NO3S.